The van der Waals surface area contributed by atoms with Crippen LogP contribution in [0.4, 0.5) is 8.78 Å². The summed E-state index contributed by atoms with van der Waals surface area (Å²) in [5.41, 5.74) is 0.341. The topological polar surface area (TPSA) is 67.2 Å². The second kappa shape index (κ2) is 7.00. The summed E-state index contributed by atoms with van der Waals surface area (Å²) in [5.74, 6) is -2.25. The Hall–Kier alpha value is -2.77. The van der Waals surface area contributed by atoms with E-state index in [9.17, 15) is 18.4 Å². The van der Waals surface area contributed by atoms with Crippen LogP contribution in [-0.4, -0.2) is 45.6 Å². The molecule has 0 unspecified atom stereocenters. The van der Waals surface area contributed by atoms with Crippen molar-refractivity contribution in [3.63, 3.8) is 0 Å². The lowest BCUT2D eigenvalue weighted by Gasteiger charge is -2.32. The molecule has 0 saturated carbocycles. The van der Waals surface area contributed by atoms with Crippen LogP contribution in [0.3, 0.4) is 0 Å². The van der Waals surface area contributed by atoms with Gasteiger partial charge in [0.2, 0.25) is 0 Å². The van der Waals surface area contributed by atoms with E-state index >= 15 is 0 Å². The van der Waals surface area contributed by atoms with Crippen LogP contribution in [0.1, 0.15) is 33.6 Å². The number of hydrogen-bond acceptors (Lipinski definition) is 3. The molecule has 132 valence electrons. The van der Waals surface area contributed by atoms with Gasteiger partial charge in [0.25, 0.3) is 11.8 Å². The minimum atomic E-state index is -0.864. The molecule has 1 aromatic heterocycles. The molecule has 3 rings (SSSR count). The highest BCUT2D eigenvalue weighted by molar-refractivity contribution is 5.95. The van der Waals surface area contributed by atoms with Gasteiger partial charge >= 0.3 is 0 Å². The third-order valence-electron chi connectivity index (χ3n) is 4.25. The Morgan fingerprint density at radius 2 is 1.96 bits per heavy atom. The molecule has 1 aliphatic heterocycles. The molecular formula is C17H18F2N4O2. The number of halogens is 2. The van der Waals surface area contributed by atoms with Crippen LogP contribution in [0.5, 0.6) is 0 Å². The molecule has 1 aliphatic rings. The van der Waals surface area contributed by atoms with Gasteiger partial charge in [0.05, 0.1) is 17.3 Å². The Labute approximate surface area is 143 Å². The van der Waals surface area contributed by atoms with Crippen LogP contribution in [0.15, 0.2) is 30.6 Å². The number of hydrogen-bond donors (Lipinski definition) is 1. The van der Waals surface area contributed by atoms with Crippen molar-refractivity contribution in [1.82, 2.24) is 20.0 Å². The third-order valence-corrected chi connectivity index (χ3v) is 4.25. The quantitative estimate of drug-likeness (QED) is 0.919. The molecule has 0 radical (unpaired) electrons. The molecule has 0 aliphatic carbocycles. The van der Waals surface area contributed by atoms with Gasteiger partial charge in [-0.25, -0.2) is 8.78 Å². The molecule has 0 atom stereocenters. The molecule has 1 aromatic carbocycles. The van der Waals surface area contributed by atoms with E-state index in [1.54, 1.807) is 17.9 Å². The van der Waals surface area contributed by atoms with E-state index < -0.39 is 17.5 Å². The Bertz CT molecular complexity index is 798. The van der Waals surface area contributed by atoms with E-state index in [0.717, 1.165) is 12.1 Å². The molecule has 1 N–H and O–H groups in total. The van der Waals surface area contributed by atoms with E-state index in [1.165, 1.54) is 11.1 Å². The summed E-state index contributed by atoms with van der Waals surface area (Å²) >= 11 is 0. The highest BCUT2D eigenvalue weighted by atomic mass is 19.1. The van der Waals surface area contributed by atoms with Gasteiger partial charge in [-0.1, -0.05) is 0 Å². The molecule has 6 nitrogen and oxygen atoms in total. The summed E-state index contributed by atoms with van der Waals surface area (Å²) in [5, 5.41) is 6.87. The van der Waals surface area contributed by atoms with Gasteiger partial charge < -0.3 is 10.2 Å². The fourth-order valence-corrected chi connectivity index (χ4v) is 2.87. The minimum absolute atomic E-state index is 0.0604. The van der Waals surface area contributed by atoms with Crippen LogP contribution in [0.25, 0.3) is 0 Å². The average Bonchev–Trinajstić information content (AvgIpc) is 3.02. The molecule has 2 amide bonds. The first-order valence-corrected chi connectivity index (χ1v) is 7.98. The van der Waals surface area contributed by atoms with Crippen molar-refractivity contribution < 1.29 is 18.4 Å². The van der Waals surface area contributed by atoms with Crippen molar-refractivity contribution in [2.75, 3.05) is 13.1 Å². The number of nitrogens with one attached hydrogen (secondary N) is 1. The number of carbonyl (C=O) groups is 2. The minimum Gasteiger partial charge on any atom is -0.349 e. The lowest BCUT2D eigenvalue weighted by Crippen LogP contribution is -2.46. The number of nitrogens with zero attached hydrogens (tertiary/aromatic N) is 3. The first kappa shape index (κ1) is 17.1. The number of aryl methyl sites for hydroxylation is 1. The SMILES string of the molecule is Cn1cc(C(=O)NC2CCN(C(=O)c3ccc(F)cc3F)CC2)cn1. The van der Waals surface area contributed by atoms with Crippen molar-refractivity contribution in [1.29, 1.82) is 0 Å². The van der Waals surface area contributed by atoms with Gasteiger partial charge in [-0.05, 0) is 25.0 Å². The summed E-state index contributed by atoms with van der Waals surface area (Å²) in [6.45, 7) is 0.793. The standard InChI is InChI=1S/C17H18F2N4O2/c1-22-10-11(9-20-22)16(24)21-13-4-6-23(7-5-13)17(25)14-3-2-12(18)8-15(14)19/h2-3,8-10,13H,4-7H2,1H3,(H,21,24). The van der Waals surface area contributed by atoms with Gasteiger partial charge in [0.1, 0.15) is 11.6 Å². The maximum atomic E-state index is 13.7. The predicted octanol–water partition coefficient (Wildman–Crippen LogP) is 1.73. The molecular weight excluding hydrogens is 330 g/mol. The molecule has 1 saturated heterocycles. The summed E-state index contributed by atoms with van der Waals surface area (Å²) in [7, 11) is 1.73. The fourth-order valence-electron chi connectivity index (χ4n) is 2.87. The van der Waals surface area contributed by atoms with Crippen molar-refractivity contribution in [2.45, 2.75) is 18.9 Å². The van der Waals surface area contributed by atoms with Gasteiger partial charge in [0.15, 0.2) is 0 Å². The lowest BCUT2D eigenvalue weighted by atomic mass is 10.0. The monoisotopic (exact) mass is 348 g/mol. The Kier molecular flexibility index (Phi) is 4.78. The molecule has 0 bridgehead atoms. The van der Waals surface area contributed by atoms with Crippen LogP contribution >= 0.6 is 0 Å². The summed E-state index contributed by atoms with van der Waals surface area (Å²) in [6, 6.07) is 2.86. The number of likely N-dealkylation sites (tertiary alicyclic amines) is 1. The van der Waals surface area contributed by atoms with E-state index in [0.29, 0.717) is 37.6 Å². The smallest absolute Gasteiger partial charge is 0.256 e. The van der Waals surface area contributed by atoms with Crippen LogP contribution in [0.2, 0.25) is 0 Å². The molecule has 8 heteroatoms. The van der Waals surface area contributed by atoms with Crippen molar-refractivity contribution in [2.24, 2.45) is 7.05 Å². The van der Waals surface area contributed by atoms with Gasteiger partial charge in [-0.3, -0.25) is 14.3 Å². The van der Waals surface area contributed by atoms with Crippen LogP contribution in [-0.2, 0) is 7.05 Å². The zero-order valence-corrected chi connectivity index (χ0v) is 13.7. The van der Waals surface area contributed by atoms with Gasteiger partial charge in [0, 0.05) is 38.4 Å². The van der Waals surface area contributed by atoms with Gasteiger partial charge in [-0.15, -0.1) is 0 Å². The first-order chi connectivity index (χ1) is 11.9. The summed E-state index contributed by atoms with van der Waals surface area (Å²) in [4.78, 5) is 26.0. The summed E-state index contributed by atoms with van der Waals surface area (Å²) < 4.78 is 28.2. The predicted molar refractivity (Wildman–Crippen MR) is 86.0 cm³/mol. The zero-order chi connectivity index (χ0) is 18.0. The normalized spacial score (nSPS) is 15.2. The van der Waals surface area contributed by atoms with E-state index in [-0.39, 0.29) is 17.5 Å². The van der Waals surface area contributed by atoms with Crippen LogP contribution in [0, 0.1) is 11.6 Å². The van der Waals surface area contributed by atoms with E-state index in [2.05, 4.69) is 10.4 Å². The molecule has 2 aromatic rings. The zero-order valence-electron chi connectivity index (χ0n) is 13.7. The van der Waals surface area contributed by atoms with Crippen molar-refractivity contribution in [3.05, 3.63) is 53.4 Å². The Morgan fingerprint density at radius 1 is 1.24 bits per heavy atom. The third kappa shape index (κ3) is 3.84. The lowest BCUT2D eigenvalue weighted by molar-refractivity contribution is 0.0693. The van der Waals surface area contributed by atoms with Gasteiger partial charge in [-0.2, -0.15) is 5.10 Å². The van der Waals surface area contributed by atoms with Crippen molar-refractivity contribution in [3.8, 4) is 0 Å². The second-order valence-electron chi connectivity index (χ2n) is 6.07. The number of benzene rings is 1. The van der Waals surface area contributed by atoms with Crippen molar-refractivity contribution >= 4 is 11.8 Å². The highest BCUT2D eigenvalue weighted by Crippen LogP contribution is 2.17. The number of amides is 2. The highest BCUT2D eigenvalue weighted by Gasteiger charge is 2.26. The number of rotatable bonds is 3. The molecule has 25 heavy (non-hydrogen) atoms. The first-order valence-electron chi connectivity index (χ1n) is 7.98. The largest absolute Gasteiger partial charge is 0.349 e. The van der Waals surface area contributed by atoms with E-state index in [4.69, 9.17) is 0 Å². The molecule has 0 spiro atoms. The molecule has 2 heterocycles. The average molecular weight is 348 g/mol. The maximum Gasteiger partial charge on any atom is 0.256 e. The van der Waals surface area contributed by atoms with E-state index in [1.807, 2.05) is 0 Å². The fraction of sp³-hybridized carbons (Fsp3) is 0.353. The number of aromatic nitrogens is 2. The Balaban J connectivity index is 1.56. The second-order valence-corrected chi connectivity index (χ2v) is 6.07. The maximum absolute atomic E-state index is 13.7. The Morgan fingerprint density at radius 3 is 2.56 bits per heavy atom. The van der Waals surface area contributed by atoms with Crippen LogP contribution < -0.4 is 5.32 Å². The number of piperidine rings is 1. The number of carbonyl (C=O) groups excluding carboxylic acids is 2. The molecule has 1 fully saturated rings. The summed E-state index contributed by atoms with van der Waals surface area (Å²) in [6.07, 6.45) is 4.26.